The van der Waals surface area contributed by atoms with Gasteiger partial charge in [0.15, 0.2) is 0 Å². The Hall–Kier alpha value is -0.780. The van der Waals surface area contributed by atoms with Crippen LogP contribution in [0.1, 0.15) is 33.6 Å². The van der Waals surface area contributed by atoms with Gasteiger partial charge in [0, 0.05) is 0 Å². The first-order chi connectivity index (χ1) is 5.27. The third-order valence-electron chi connectivity index (χ3n) is 2.17. The predicted octanol–water partition coefficient (Wildman–Crippen LogP) is 3.62. The zero-order valence-electron chi connectivity index (χ0n) is 7.65. The summed E-state index contributed by atoms with van der Waals surface area (Å²) in [7, 11) is 0. The van der Waals surface area contributed by atoms with Crippen molar-refractivity contribution in [3.63, 3.8) is 0 Å². The lowest BCUT2D eigenvalue weighted by Crippen LogP contribution is -1.77. The van der Waals surface area contributed by atoms with Crippen molar-refractivity contribution in [3.8, 4) is 0 Å². The van der Waals surface area contributed by atoms with Gasteiger partial charge < -0.3 is 0 Å². The van der Waals surface area contributed by atoms with Crippen molar-refractivity contribution in [3.05, 3.63) is 34.9 Å². The SMILES string of the molecule is CC=CC1=C(C)C=C(CC)C1. The second-order valence-electron chi connectivity index (χ2n) is 3.04. The molecule has 0 fully saturated rings. The van der Waals surface area contributed by atoms with Crippen molar-refractivity contribution in [1.29, 1.82) is 0 Å². The largest absolute Gasteiger partial charge is 0.0874 e. The molecular weight excluding hydrogens is 132 g/mol. The van der Waals surface area contributed by atoms with Crippen molar-refractivity contribution < 1.29 is 0 Å². The van der Waals surface area contributed by atoms with Gasteiger partial charge >= 0.3 is 0 Å². The Morgan fingerprint density at radius 3 is 2.73 bits per heavy atom. The summed E-state index contributed by atoms with van der Waals surface area (Å²) in [6.07, 6.45) is 9.01. The van der Waals surface area contributed by atoms with Gasteiger partial charge in [-0.15, -0.1) is 0 Å². The zero-order valence-corrected chi connectivity index (χ0v) is 7.65. The van der Waals surface area contributed by atoms with E-state index in [4.69, 9.17) is 0 Å². The summed E-state index contributed by atoms with van der Waals surface area (Å²) in [5.74, 6) is 0. The van der Waals surface area contributed by atoms with E-state index in [1.165, 1.54) is 24.0 Å². The molecule has 0 radical (unpaired) electrons. The summed E-state index contributed by atoms with van der Waals surface area (Å²) < 4.78 is 0. The van der Waals surface area contributed by atoms with Gasteiger partial charge in [0.25, 0.3) is 0 Å². The molecule has 0 aromatic rings. The topological polar surface area (TPSA) is 0 Å². The number of allylic oxidation sites excluding steroid dienone is 6. The molecule has 0 bridgehead atoms. The Morgan fingerprint density at radius 2 is 2.27 bits per heavy atom. The second kappa shape index (κ2) is 3.56. The smallest absolute Gasteiger partial charge is 0.00615 e. The van der Waals surface area contributed by atoms with Crippen LogP contribution in [0.2, 0.25) is 0 Å². The Bertz CT molecular complexity index is 226. The Kier molecular flexibility index (Phi) is 2.70. The van der Waals surface area contributed by atoms with E-state index in [2.05, 4.69) is 39.0 Å². The molecule has 0 unspecified atom stereocenters. The Labute approximate surface area is 69.3 Å². The lowest BCUT2D eigenvalue weighted by atomic mass is 10.1. The zero-order chi connectivity index (χ0) is 8.27. The highest BCUT2D eigenvalue weighted by molar-refractivity contribution is 5.42. The molecule has 0 saturated carbocycles. The van der Waals surface area contributed by atoms with E-state index in [0.29, 0.717) is 0 Å². The van der Waals surface area contributed by atoms with Crippen LogP contribution in [0.15, 0.2) is 34.9 Å². The fraction of sp³-hybridized carbons (Fsp3) is 0.455. The first-order valence-corrected chi connectivity index (χ1v) is 4.29. The van der Waals surface area contributed by atoms with Crippen LogP contribution in [-0.4, -0.2) is 0 Å². The van der Waals surface area contributed by atoms with Crippen LogP contribution in [-0.2, 0) is 0 Å². The molecule has 0 N–H and O–H groups in total. The maximum Gasteiger partial charge on any atom is -0.00615 e. The van der Waals surface area contributed by atoms with Gasteiger partial charge in [0.05, 0.1) is 0 Å². The molecule has 0 heterocycles. The molecule has 0 aromatic heterocycles. The van der Waals surface area contributed by atoms with Crippen molar-refractivity contribution in [2.45, 2.75) is 33.6 Å². The van der Waals surface area contributed by atoms with E-state index in [9.17, 15) is 0 Å². The molecule has 1 aliphatic carbocycles. The molecule has 60 valence electrons. The monoisotopic (exact) mass is 148 g/mol. The third kappa shape index (κ3) is 1.83. The minimum absolute atomic E-state index is 1.17. The van der Waals surface area contributed by atoms with Gasteiger partial charge in [-0.25, -0.2) is 0 Å². The lowest BCUT2D eigenvalue weighted by molar-refractivity contribution is 1.03. The highest BCUT2D eigenvalue weighted by Gasteiger charge is 2.07. The molecule has 0 atom stereocenters. The molecule has 11 heavy (non-hydrogen) atoms. The Morgan fingerprint density at radius 1 is 1.55 bits per heavy atom. The molecular formula is C11H16. The minimum Gasteiger partial charge on any atom is -0.0874 e. The quantitative estimate of drug-likeness (QED) is 0.561. The first-order valence-electron chi connectivity index (χ1n) is 4.29. The van der Waals surface area contributed by atoms with Gasteiger partial charge in [-0.3, -0.25) is 0 Å². The maximum atomic E-state index is 2.31. The molecule has 0 aliphatic heterocycles. The van der Waals surface area contributed by atoms with Crippen molar-refractivity contribution in [1.82, 2.24) is 0 Å². The minimum atomic E-state index is 1.17. The summed E-state index contributed by atoms with van der Waals surface area (Å²) in [5, 5.41) is 0. The molecule has 0 spiro atoms. The fourth-order valence-corrected chi connectivity index (χ4v) is 1.45. The van der Waals surface area contributed by atoms with Crippen molar-refractivity contribution in [2.24, 2.45) is 0 Å². The van der Waals surface area contributed by atoms with E-state index in [1.807, 2.05) is 0 Å². The number of hydrogen-bond donors (Lipinski definition) is 0. The van der Waals surface area contributed by atoms with E-state index < -0.39 is 0 Å². The standard InChI is InChI=1S/C11H16/c1-4-6-11-8-10(5-2)7-9(11)3/h4,6-7H,5,8H2,1-3H3. The maximum absolute atomic E-state index is 2.31. The van der Waals surface area contributed by atoms with E-state index in [1.54, 1.807) is 5.57 Å². The van der Waals surface area contributed by atoms with Crippen LogP contribution in [0.3, 0.4) is 0 Å². The van der Waals surface area contributed by atoms with Crippen LogP contribution >= 0.6 is 0 Å². The summed E-state index contributed by atoms with van der Waals surface area (Å²) in [4.78, 5) is 0. The second-order valence-corrected chi connectivity index (χ2v) is 3.04. The highest BCUT2D eigenvalue weighted by Crippen LogP contribution is 2.27. The molecule has 1 rings (SSSR count). The van der Waals surface area contributed by atoms with Crippen LogP contribution < -0.4 is 0 Å². The average molecular weight is 148 g/mol. The molecule has 1 aliphatic rings. The molecule has 0 saturated heterocycles. The van der Waals surface area contributed by atoms with Crippen LogP contribution in [0, 0.1) is 0 Å². The lowest BCUT2D eigenvalue weighted by Gasteiger charge is -1.96. The summed E-state index contributed by atoms with van der Waals surface area (Å²) >= 11 is 0. The normalized spacial score (nSPS) is 18.3. The Balaban J connectivity index is 2.70. The summed E-state index contributed by atoms with van der Waals surface area (Å²) in [5.41, 5.74) is 4.50. The highest BCUT2D eigenvalue weighted by atomic mass is 14.1. The van der Waals surface area contributed by atoms with Crippen LogP contribution in [0.4, 0.5) is 0 Å². The first kappa shape index (κ1) is 8.32. The number of rotatable bonds is 2. The number of hydrogen-bond acceptors (Lipinski definition) is 0. The van der Waals surface area contributed by atoms with Gasteiger partial charge in [-0.1, -0.05) is 30.7 Å². The fourth-order valence-electron chi connectivity index (χ4n) is 1.45. The molecule has 0 aromatic carbocycles. The van der Waals surface area contributed by atoms with Gasteiger partial charge in [-0.2, -0.15) is 0 Å². The van der Waals surface area contributed by atoms with E-state index >= 15 is 0 Å². The van der Waals surface area contributed by atoms with Crippen molar-refractivity contribution in [2.75, 3.05) is 0 Å². The molecule has 0 nitrogen and oxygen atoms in total. The molecule has 0 heteroatoms. The third-order valence-corrected chi connectivity index (χ3v) is 2.17. The van der Waals surface area contributed by atoms with Gasteiger partial charge in [0.1, 0.15) is 0 Å². The van der Waals surface area contributed by atoms with Gasteiger partial charge in [0.2, 0.25) is 0 Å². The van der Waals surface area contributed by atoms with Crippen LogP contribution in [0.25, 0.3) is 0 Å². The van der Waals surface area contributed by atoms with Crippen LogP contribution in [0.5, 0.6) is 0 Å². The summed E-state index contributed by atoms with van der Waals surface area (Å²) in [6.45, 7) is 6.49. The molecule has 0 amide bonds. The van der Waals surface area contributed by atoms with Gasteiger partial charge in [-0.05, 0) is 37.8 Å². The average Bonchev–Trinajstić information content (AvgIpc) is 2.33. The predicted molar refractivity (Wildman–Crippen MR) is 50.5 cm³/mol. The van der Waals surface area contributed by atoms with E-state index in [0.717, 1.165) is 0 Å². The van der Waals surface area contributed by atoms with E-state index in [-0.39, 0.29) is 0 Å². The summed E-state index contributed by atoms with van der Waals surface area (Å²) in [6, 6.07) is 0. The van der Waals surface area contributed by atoms with Crippen molar-refractivity contribution >= 4 is 0 Å².